The van der Waals surface area contributed by atoms with Crippen molar-refractivity contribution in [3.05, 3.63) is 40.7 Å². The smallest absolute Gasteiger partial charge is 0.322 e. The number of urea groups is 1. The molecule has 0 radical (unpaired) electrons. The molecule has 0 aliphatic carbocycles. The second-order valence-corrected chi connectivity index (χ2v) is 5.84. The molecule has 1 unspecified atom stereocenters. The summed E-state index contributed by atoms with van der Waals surface area (Å²) in [6.45, 7) is 0.775. The number of pyridine rings is 1. The summed E-state index contributed by atoms with van der Waals surface area (Å²) in [5.74, 6) is 0.428. The minimum Gasteiger partial charge on any atom is -0.480 e. The fourth-order valence-corrected chi connectivity index (χ4v) is 3.50. The van der Waals surface area contributed by atoms with Gasteiger partial charge in [0, 0.05) is 17.6 Å². The number of amides is 2. The summed E-state index contributed by atoms with van der Waals surface area (Å²) in [6.07, 6.45) is 3.68. The third-order valence-corrected chi connectivity index (χ3v) is 4.56. The minimum absolute atomic E-state index is 0.0998. The topological polar surface area (TPSA) is 54.5 Å². The molecule has 1 atom stereocenters. The zero-order chi connectivity index (χ0) is 14.7. The molecule has 1 saturated heterocycles. The van der Waals surface area contributed by atoms with Crippen LogP contribution in [0.25, 0.3) is 0 Å². The summed E-state index contributed by atoms with van der Waals surface area (Å²) >= 11 is 1.70. The highest BCUT2D eigenvalue weighted by molar-refractivity contribution is 7.10. The van der Waals surface area contributed by atoms with E-state index < -0.39 is 0 Å². The van der Waals surface area contributed by atoms with Gasteiger partial charge in [-0.1, -0.05) is 6.07 Å². The van der Waals surface area contributed by atoms with E-state index in [1.54, 1.807) is 36.8 Å². The Bertz CT molecular complexity index is 615. The average Bonchev–Trinajstić information content (AvgIpc) is 3.18. The van der Waals surface area contributed by atoms with E-state index in [0.717, 1.165) is 19.4 Å². The number of ether oxygens (including phenoxy) is 1. The maximum Gasteiger partial charge on any atom is 0.322 e. The van der Waals surface area contributed by atoms with Gasteiger partial charge < -0.3 is 15.0 Å². The second kappa shape index (κ2) is 6.13. The number of hydrogen-bond acceptors (Lipinski definition) is 4. The van der Waals surface area contributed by atoms with Crippen molar-refractivity contribution in [2.75, 3.05) is 19.0 Å². The van der Waals surface area contributed by atoms with Gasteiger partial charge in [-0.2, -0.15) is 0 Å². The van der Waals surface area contributed by atoms with E-state index in [4.69, 9.17) is 4.74 Å². The number of aromatic nitrogens is 1. The molecule has 1 N–H and O–H groups in total. The van der Waals surface area contributed by atoms with Gasteiger partial charge in [-0.05, 0) is 36.4 Å². The molecular weight excluding hydrogens is 286 g/mol. The Morgan fingerprint density at radius 2 is 2.38 bits per heavy atom. The van der Waals surface area contributed by atoms with Crippen LogP contribution in [0.15, 0.2) is 35.8 Å². The van der Waals surface area contributed by atoms with Crippen LogP contribution in [0.3, 0.4) is 0 Å². The van der Waals surface area contributed by atoms with Crippen LogP contribution in [-0.4, -0.2) is 29.6 Å². The summed E-state index contributed by atoms with van der Waals surface area (Å²) in [5.41, 5.74) is 0.599. The highest BCUT2D eigenvalue weighted by atomic mass is 32.1. The molecule has 2 amide bonds. The van der Waals surface area contributed by atoms with Crippen molar-refractivity contribution in [3.8, 4) is 5.88 Å². The van der Waals surface area contributed by atoms with Crippen molar-refractivity contribution in [2.45, 2.75) is 18.9 Å². The summed E-state index contributed by atoms with van der Waals surface area (Å²) in [6, 6.07) is 7.76. The highest BCUT2D eigenvalue weighted by Crippen LogP contribution is 2.35. The van der Waals surface area contributed by atoms with E-state index in [9.17, 15) is 4.79 Å². The molecule has 1 fully saturated rings. The molecule has 1 aliphatic rings. The number of carbonyl (C=O) groups excluding carboxylic acids is 1. The highest BCUT2D eigenvalue weighted by Gasteiger charge is 2.30. The third-order valence-electron chi connectivity index (χ3n) is 3.59. The molecule has 6 heteroatoms. The van der Waals surface area contributed by atoms with E-state index in [1.165, 1.54) is 4.88 Å². The zero-order valence-corrected chi connectivity index (χ0v) is 12.6. The van der Waals surface area contributed by atoms with Crippen LogP contribution < -0.4 is 10.1 Å². The van der Waals surface area contributed by atoms with Crippen LogP contribution in [-0.2, 0) is 0 Å². The lowest BCUT2D eigenvalue weighted by Crippen LogP contribution is -2.34. The number of carbonyl (C=O) groups is 1. The number of anilines is 1. The summed E-state index contributed by atoms with van der Waals surface area (Å²) in [4.78, 5) is 19.7. The number of nitrogens with zero attached hydrogens (tertiary/aromatic N) is 2. The molecule has 3 heterocycles. The fourth-order valence-electron chi connectivity index (χ4n) is 2.62. The van der Waals surface area contributed by atoms with Crippen molar-refractivity contribution >= 4 is 23.1 Å². The summed E-state index contributed by atoms with van der Waals surface area (Å²) in [7, 11) is 1.54. The summed E-state index contributed by atoms with van der Waals surface area (Å²) < 4.78 is 5.17. The normalized spacial score (nSPS) is 17.8. The van der Waals surface area contributed by atoms with Gasteiger partial charge in [-0.15, -0.1) is 11.3 Å². The van der Waals surface area contributed by atoms with Gasteiger partial charge in [0.2, 0.25) is 5.88 Å². The third kappa shape index (κ3) is 2.85. The monoisotopic (exact) mass is 303 g/mol. The van der Waals surface area contributed by atoms with Crippen molar-refractivity contribution in [3.63, 3.8) is 0 Å². The number of methoxy groups -OCH3 is 1. The molecule has 0 saturated carbocycles. The van der Waals surface area contributed by atoms with Crippen molar-refractivity contribution in [1.29, 1.82) is 0 Å². The van der Waals surface area contributed by atoms with Gasteiger partial charge in [-0.3, -0.25) is 0 Å². The first-order chi connectivity index (χ1) is 10.3. The molecule has 1 aliphatic heterocycles. The van der Waals surface area contributed by atoms with Crippen LogP contribution in [0.5, 0.6) is 5.88 Å². The Morgan fingerprint density at radius 1 is 1.48 bits per heavy atom. The summed E-state index contributed by atoms with van der Waals surface area (Å²) in [5, 5.41) is 4.95. The van der Waals surface area contributed by atoms with E-state index in [1.807, 2.05) is 16.3 Å². The quantitative estimate of drug-likeness (QED) is 0.944. The lowest BCUT2D eigenvalue weighted by Gasteiger charge is -2.24. The SMILES string of the molecule is COc1ncccc1NC(=O)N1CCCC1c1cccs1. The second-order valence-electron chi connectivity index (χ2n) is 4.86. The van der Waals surface area contributed by atoms with E-state index >= 15 is 0 Å². The van der Waals surface area contributed by atoms with Crippen LogP contribution in [0.2, 0.25) is 0 Å². The number of likely N-dealkylation sites (tertiary alicyclic amines) is 1. The number of thiophene rings is 1. The van der Waals surface area contributed by atoms with Crippen molar-refractivity contribution in [1.82, 2.24) is 9.88 Å². The van der Waals surface area contributed by atoms with Gasteiger partial charge in [-0.25, -0.2) is 9.78 Å². The molecule has 21 heavy (non-hydrogen) atoms. The molecular formula is C15H17N3O2S. The van der Waals surface area contributed by atoms with Crippen LogP contribution in [0, 0.1) is 0 Å². The van der Waals surface area contributed by atoms with E-state index in [0.29, 0.717) is 11.6 Å². The maximum absolute atomic E-state index is 12.5. The number of hydrogen-bond donors (Lipinski definition) is 1. The Morgan fingerprint density at radius 3 is 3.14 bits per heavy atom. The zero-order valence-electron chi connectivity index (χ0n) is 11.8. The number of nitrogens with one attached hydrogen (secondary N) is 1. The van der Waals surface area contributed by atoms with Crippen LogP contribution >= 0.6 is 11.3 Å². The van der Waals surface area contributed by atoms with Crippen molar-refractivity contribution < 1.29 is 9.53 Å². The molecule has 2 aromatic heterocycles. The van der Waals surface area contributed by atoms with Gasteiger partial charge >= 0.3 is 6.03 Å². The predicted molar refractivity (Wildman–Crippen MR) is 82.8 cm³/mol. The fraction of sp³-hybridized carbons (Fsp3) is 0.333. The molecule has 0 bridgehead atoms. The predicted octanol–water partition coefficient (Wildman–Crippen LogP) is 3.52. The molecule has 110 valence electrons. The van der Waals surface area contributed by atoms with Gasteiger partial charge in [0.15, 0.2) is 0 Å². The lowest BCUT2D eigenvalue weighted by atomic mass is 10.2. The first-order valence-corrected chi connectivity index (χ1v) is 7.77. The standard InChI is InChI=1S/C15H17N3O2S/c1-20-14-11(5-2-8-16-14)17-15(19)18-9-3-6-12(18)13-7-4-10-21-13/h2,4-5,7-8,10,12H,3,6,9H2,1H3,(H,17,19). The van der Waals surface area contributed by atoms with Crippen molar-refractivity contribution in [2.24, 2.45) is 0 Å². The van der Waals surface area contributed by atoms with Gasteiger partial charge in [0.25, 0.3) is 0 Å². The van der Waals surface area contributed by atoms with Gasteiger partial charge in [0.05, 0.1) is 13.2 Å². The largest absolute Gasteiger partial charge is 0.480 e. The average molecular weight is 303 g/mol. The molecule has 5 nitrogen and oxygen atoms in total. The van der Waals surface area contributed by atoms with Gasteiger partial charge in [0.1, 0.15) is 5.69 Å². The van der Waals surface area contributed by atoms with E-state index in [-0.39, 0.29) is 12.1 Å². The van der Waals surface area contributed by atoms with E-state index in [2.05, 4.69) is 16.4 Å². The Kier molecular flexibility index (Phi) is 4.06. The van der Waals surface area contributed by atoms with Crippen LogP contribution in [0.1, 0.15) is 23.8 Å². The Hall–Kier alpha value is -2.08. The Labute approximate surface area is 127 Å². The van der Waals surface area contributed by atoms with Crippen LogP contribution in [0.4, 0.5) is 10.5 Å². The Balaban J connectivity index is 1.75. The lowest BCUT2D eigenvalue weighted by molar-refractivity contribution is 0.207. The first-order valence-electron chi connectivity index (χ1n) is 6.89. The molecule has 2 aromatic rings. The molecule has 0 spiro atoms. The molecule has 0 aromatic carbocycles. The first kappa shape index (κ1) is 13.9. The maximum atomic E-state index is 12.5. The number of rotatable bonds is 3. The molecule has 3 rings (SSSR count). The minimum atomic E-state index is -0.0998.